The Labute approximate surface area is 171 Å². The van der Waals surface area contributed by atoms with E-state index in [0.29, 0.717) is 42.1 Å². The number of guanidine groups is 1. The van der Waals surface area contributed by atoms with Gasteiger partial charge in [-0.2, -0.15) is 0 Å². The van der Waals surface area contributed by atoms with Gasteiger partial charge in [0.25, 0.3) is 0 Å². The van der Waals surface area contributed by atoms with E-state index in [-0.39, 0.29) is 29.9 Å². The number of benzene rings is 1. The number of hydrogen-bond donors (Lipinski definition) is 3. The first-order valence-electron chi connectivity index (χ1n) is 7.79. The van der Waals surface area contributed by atoms with Crippen LogP contribution in [0.2, 0.25) is 10.0 Å². The Morgan fingerprint density at radius 1 is 1.12 bits per heavy atom. The zero-order chi connectivity index (χ0) is 17.1. The van der Waals surface area contributed by atoms with E-state index < -0.39 is 0 Å². The monoisotopic (exact) mass is 486 g/mol. The van der Waals surface area contributed by atoms with E-state index in [1.807, 2.05) is 19.9 Å². The largest absolute Gasteiger partial charge is 0.357 e. The van der Waals surface area contributed by atoms with Crippen LogP contribution in [0, 0.1) is 0 Å². The maximum atomic E-state index is 11.6. The van der Waals surface area contributed by atoms with Gasteiger partial charge in [-0.15, -0.1) is 24.0 Å². The first-order valence-corrected chi connectivity index (χ1v) is 8.55. The van der Waals surface area contributed by atoms with E-state index >= 15 is 0 Å². The lowest BCUT2D eigenvalue weighted by Gasteiger charge is -2.11. The minimum absolute atomic E-state index is 0. The molecule has 0 saturated carbocycles. The third-order valence-corrected chi connectivity index (χ3v) is 3.57. The van der Waals surface area contributed by atoms with Crippen LogP contribution in [0.5, 0.6) is 0 Å². The van der Waals surface area contributed by atoms with Crippen molar-refractivity contribution in [1.82, 2.24) is 16.0 Å². The molecule has 0 fully saturated rings. The van der Waals surface area contributed by atoms with Crippen molar-refractivity contribution < 1.29 is 4.79 Å². The molecule has 0 aliphatic carbocycles. The third-order valence-electron chi connectivity index (χ3n) is 2.98. The van der Waals surface area contributed by atoms with Gasteiger partial charge in [-0.25, -0.2) is 4.99 Å². The van der Waals surface area contributed by atoms with E-state index in [1.165, 1.54) is 0 Å². The summed E-state index contributed by atoms with van der Waals surface area (Å²) in [6, 6.07) is 5.35. The number of nitrogens with one attached hydrogen (secondary N) is 3. The van der Waals surface area contributed by atoms with Gasteiger partial charge in [0.2, 0.25) is 5.91 Å². The lowest BCUT2D eigenvalue weighted by molar-refractivity contribution is -0.120. The Bertz CT molecular complexity index is 541. The zero-order valence-corrected chi connectivity index (χ0v) is 17.8. The number of carbonyl (C=O) groups is 1. The molecule has 0 saturated heterocycles. The predicted molar refractivity (Wildman–Crippen MR) is 113 cm³/mol. The fourth-order valence-corrected chi connectivity index (χ4v) is 2.27. The molecule has 1 rings (SSSR count). The van der Waals surface area contributed by atoms with Crippen molar-refractivity contribution in [3.05, 3.63) is 33.8 Å². The van der Waals surface area contributed by atoms with Crippen molar-refractivity contribution >= 4 is 59.0 Å². The predicted octanol–water partition coefficient (Wildman–Crippen LogP) is 3.58. The van der Waals surface area contributed by atoms with E-state index in [2.05, 4.69) is 20.9 Å². The molecule has 0 aliphatic rings. The molecule has 0 bridgehead atoms. The quantitative estimate of drug-likeness (QED) is 0.299. The van der Waals surface area contributed by atoms with Crippen molar-refractivity contribution in [3.63, 3.8) is 0 Å². The van der Waals surface area contributed by atoms with Crippen molar-refractivity contribution in [2.45, 2.75) is 33.2 Å². The normalized spacial score (nSPS) is 10.8. The van der Waals surface area contributed by atoms with Crippen molar-refractivity contribution in [1.29, 1.82) is 0 Å². The first-order chi connectivity index (χ1) is 11.1. The second-order valence-electron chi connectivity index (χ2n) is 4.96. The summed E-state index contributed by atoms with van der Waals surface area (Å²) in [5, 5.41) is 10.3. The molecule has 8 heteroatoms. The third kappa shape index (κ3) is 9.54. The Hall–Kier alpha value is -0.730. The molecule has 0 heterocycles. The van der Waals surface area contributed by atoms with Crippen LogP contribution in [-0.2, 0) is 11.3 Å². The molecule has 0 atom stereocenters. The maximum Gasteiger partial charge on any atom is 0.221 e. The summed E-state index contributed by atoms with van der Waals surface area (Å²) in [6.45, 7) is 6.42. The van der Waals surface area contributed by atoms with Crippen molar-refractivity contribution in [2.24, 2.45) is 4.99 Å². The molecule has 3 N–H and O–H groups in total. The highest BCUT2D eigenvalue weighted by Gasteiger charge is 2.04. The van der Waals surface area contributed by atoms with Gasteiger partial charge < -0.3 is 16.0 Å². The Morgan fingerprint density at radius 2 is 1.88 bits per heavy atom. The molecule has 1 aromatic rings. The summed E-state index contributed by atoms with van der Waals surface area (Å²) in [7, 11) is 0. The second kappa shape index (κ2) is 13.5. The number of nitrogens with zero attached hydrogens (tertiary/aromatic N) is 1. The number of aliphatic imine (C=N–C) groups is 1. The number of halogens is 3. The van der Waals surface area contributed by atoms with Gasteiger partial charge in [0.05, 0.1) is 6.54 Å². The number of rotatable bonds is 8. The molecule has 0 unspecified atom stereocenters. The molecule has 0 radical (unpaired) electrons. The van der Waals surface area contributed by atoms with Gasteiger partial charge >= 0.3 is 0 Å². The van der Waals surface area contributed by atoms with E-state index in [1.54, 1.807) is 12.1 Å². The van der Waals surface area contributed by atoms with Crippen LogP contribution in [0.15, 0.2) is 23.2 Å². The van der Waals surface area contributed by atoms with Crippen LogP contribution in [0.25, 0.3) is 0 Å². The molecular weight excluding hydrogens is 462 g/mol. The second-order valence-corrected chi connectivity index (χ2v) is 5.80. The molecule has 5 nitrogen and oxygen atoms in total. The molecule has 1 amide bonds. The lowest BCUT2D eigenvalue weighted by Crippen LogP contribution is -2.39. The summed E-state index contributed by atoms with van der Waals surface area (Å²) < 4.78 is 0. The minimum Gasteiger partial charge on any atom is -0.357 e. The molecule has 136 valence electrons. The van der Waals surface area contributed by atoms with Crippen molar-refractivity contribution in [2.75, 3.05) is 19.6 Å². The molecule has 0 aliphatic heterocycles. The first kappa shape index (κ1) is 23.3. The average molecular weight is 487 g/mol. The number of amides is 1. The minimum atomic E-state index is 0. The smallest absolute Gasteiger partial charge is 0.221 e. The molecule has 1 aromatic carbocycles. The SMILES string of the molecule is CCCNC(=O)CCNC(=NCc1ccc(Cl)cc1Cl)NCC.I. The highest BCUT2D eigenvalue weighted by atomic mass is 127. The summed E-state index contributed by atoms with van der Waals surface area (Å²) in [5.41, 5.74) is 0.897. The summed E-state index contributed by atoms with van der Waals surface area (Å²) >= 11 is 12.0. The average Bonchev–Trinajstić information content (AvgIpc) is 2.52. The van der Waals surface area contributed by atoms with Gasteiger partial charge in [0.1, 0.15) is 0 Å². The van der Waals surface area contributed by atoms with E-state index in [9.17, 15) is 4.79 Å². The van der Waals surface area contributed by atoms with Gasteiger partial charge in [-0.05, 0) is 31.0 Å². The summed E-state index contributed by atoms with van der Waals surface area (Å²) in [6.07, 6.45) is 1.34. The molecular formula is C16H25Cl2IN4O. The van der Waals surface area contributed by atoms with Crippen LogP contribution in [0.1, 0.15) is 32.3 Å². The standard InChI is InChI=1S/C16H24Cl2N4O.HI/c1-3-8-20-15(23)7-9-21-16(19-4-2)22-11-12-5-6-13(17)10-14(12)18;/h5-6,10H,3-4,7-9,11H2,1-2H3,(H,20,23)(H2,19,21,22);1H. The van der Waals surface area contributed by atoms with E-state index in [0.717, 1.165) is 18.5 Å². The highest BCUT2D eigenvalue weighted by Crippen LogP contribution is 2.21. The van der Waals surface area contributed by atoms with Crippen molar-refractivity contribution in [3.8, 4) is 0 Å². The lowest BCUT2D eigenvalue weighted by atomic mass is 10.2. The van der Waals surface area contributed by atoms with Gasteiger partial charge in [0, 0.05) is 36.1 Å². The summed E-state index contributed by atoms with van der Waals surface area (Å²) in [4.78, 5) is 16.0. The molecule has 24 heavy (non-hydrogen) atoms. The van der Waals surface area contributed by atoms with Crippen LogP contribution >= 0.6 is 47.2 Å². The van der Waals surface area contributed by atoms with Gasteiger partial charge in [-0.1, -0.05) is 36.2 Å². The molecule has 0 aromatic heterocycles. The number of hydrogen-bond acceptors (Lipinski definition) is 2. The van der Waals surface area contributed by atoms with Gasteiger partial charge in [-0.3, -0.25) is 4.79 Å². The maximum absolute atomic E-state index is 11.6. The van der Waals surface area contributed by atoms with E-state index in [4.69, 9.17) is 23.2 Å². The Balaban J connectivity index is 0.00000529. The van der Waals surface area contributed by atoms with Crippen LogP contribution in [-0.4, -0.2) is 31.5 Å². The Morgan fingerprint density at radius 3 is 2.50 bits per heavy atom. The topological polar surface area (TPSA) is 65.5 Å². The van der Waals surface area contributed by atoms with Crippen LogP contribution in [0.3, 0.4) is 0 Å². The number of carbonyl (C=O) groups excluding carboxylic acids is 1. The molecule has 0 spiro atoms. The summed E-state index contributed by atoms with van der Waals surface area (Å²) in [5.74, 6) is 0.692. The van der Waals surface area contributed by atoms with Crippen LogP contribution in [0.4, 0.5) is 0 Å². The fourth-order valence-electron chi connectivity index (χ4n) is 1.80. The van der Waals surface area contributed by atoms with Crippen LogP contribution < -0.4 is 16.0 Å². The van der Waals surface area contributed by atoms with Gasteiger partial charge in [0.15, 0.2) is 5.96 Å². The Kier molecular flexibility index (Phi) is 13.1. The highest BCUT2D eigenvalue weighted by molar-refractivity contribution is 14.0. The zero-order valence-electron chi connectivity index (χ0n) is 14.0. The fraction of sp³-hybridized carbons (Fsp3) is 0.500.